The normalized spacial score (nSPS) is 10.5. The molecule has 3 N–H and O–H groups in total. The number of carbonyl (C=O) groups is 1. The second-order valence-corrected chi connectivity index (χ2v) is 7.07. The Bertz CT molecular complexity index is 1220. The van der Waals surface area contributed by atoms with Crippen LogP contribution in [0.1, 0.15) is 11.4 Å². The molecule has 0 bridgehead atoms. The number of anilines is 4. The van der Waals surface area contributed by atoms with E-state index >= 15 is 0 Å². The maximum Gasteiger partial charge on any atom is 0.323 e. The number of methoxy groups -OCH3 is 1. The highest BCUT2D eigenvalue weighted by molar-refractivity contribution is 6.00. The van der Waals surface area contributed by atoms with E-state index in [1.807, 2.05) is 68.6 Å². The maximum atomic E-state index is 12.4. The van der Waals surface area contributed by atoms with E-state index in [-0.39, 0.29) is 6.03 Å². The molecular formula is C23H23N7O2. The molecule has 4 rings (SSSR count). The fourth-order valence-electron chi connectivity index (χ4n) is 3.11. The Kier molecular flexibility index (Phi) is 5.98. The summed E-state index contributed by atoms with van der Waals surface area (Å²) < 4.78 is 6.87. The third kappa shape index (κ3) is 5.01. The van der Waals surface area contributed by atoms with E-state index in [0.29, 0.717) is 28.8 Å². The third-order valence-electron chi connectivity index (χ3n) is 4.66. The molecule has 9 heteroatoms. The predicted molar refractivity (Wildman–Crippen MR) is 124 cm³/mol. The Morgan fingerprint density at radius 2 is 1.75 bits per heavy atom. The van der Waals surface area contributed by atoms with Gasteiger partial charge in [-0.1, -0.05) is 0 Å². The van der Waals surface area contributed by atoms with Gasteiger partial charge in [0.25, 0.3) is 0 Å². The lowest BCUT2D eigenvalue weighted by Crippen LogP contribution is -2.19. The van der Waals surface area contributed by atoms with Gasteiger partial charge in [-0.05, 0) is 67.9 Å². The van der Waals surface area contributed by atoms with Crippen molar-refractivity contribution < 1.29 is 9.53 Å². The van der Waals surface area contributed by atoms with E-state index in [2.05, 4.69) is 31.0 Å². The summed E-state index contributed by atoms with van der Waals surface area (Å²) in [5.74, 6) is 2.70. The molecule has 0 aliphatic rings. The first kappa shape index (κ1) is 20.9. The predicted octanol–water partition coefficient (Wildman–Crippen LogP) is 4.68. The summed E-state index contributed by atoms with van der Waals surface area (Å²) in [7, 11) is 1.61. The molecule has 0 fully saturated rings. The minimum Gasteiger partial charge on any atom is -0.497 e. The minimum absolute atomic E-state index is 0.325. The summed E-state index contributed by atoms with van der Waals surface area (Å²) in [6, 6.07) is 16.1. The number of benzene rings is 2. The van der Waals surface area contributed by atoms with E-state index in [4.69, 9.17) is 4.74 Å². The van der Waals surface area contributed by atoms with Crippen molar-refractivity contribution in [2.24, 2.45) is 0 Å². The molecule has 0 saturated heterocycles. The van der Waals surface area contributed by atoms with Crippen molar-refractivity contribution in [1.29, 1.82) is 0 Å². The van der Waals surface area contributed by atoms with Crippen molar-refractivity contribution in [1.82, 2.24) is 19.7 Å². The number of urea groups is 1. The number of nitrogens with one attached hydrogen (secondary N) is 3. The fraction of sp³-hybridized carbons (Fsp3) is 0.130. The lowest BCUT2D eigenvalue weighted by atomic mass is 10.2. The molecule has 162 valence electrons. The number of aromatic nitrogens is 4. The van der Waals surface area contributed by atoms with Crippen LogP contribution in [0, 0.1) is 13.8 Å². The molecule has 0 aliphatic carbocycles. The number of aryl methyl sites for hydroxylation is 2. The number of rotatable bonds is 6. The van der Waals surface area contributed by atoms with Crippen LogP contribution in [0.3, 0.4) is 0 Å². The van der Waals surface area contributed by atoms with Crippen LogP contribution < -0.4 is 20.7 Å². The Morgan fingerprint density at radius 1 is 0.969 bits per heavy atom. The molecule has 9 nitrogen and oxygen atoms in total. The number of ether oxygens (including phenoxy) is 1. The summed E-state index contributed by atoms with van der Waals surface area (Å²) in [5.41, 5.74) is 3.11. The van der Waals surface area contributed by atoms with Crippen LogP contribution in [0.2, 0.25) is 0 Å². The number of carbonyl (C=O) groups excluding carboxylic acids is 1. The lowest BCUT2D eigenvalue weighted by Gasteiger charge is -2.12. The van der Waals surface area contributed by atoms with Crippen molar-refractivity contribution in [3.8, 4) is 11.6 Å². The Hall–Kier alpha value is -4.40. The van der Waals surface area contributed by atoms with Gasteiger partial charge >= 0.3 is 6.03 Å². The van der Waals surface area contributed by atoms with Gasteiger partial charge in [0.2, 0.25) is 0 Å². The highest BCUT2D eigenvalue weighted by atomic mass is 16.5. The average Bonchev–Trinajstić information content (AvgIpc) is 3.31. The second kappa shape index (κ2) is 9.17. The van der Waals surface area contributed by atoms with Crippen LogP contribution >= 0.6 is 0 Å². The van der Waals surface area contributed by atoms with Crippen molar-refractivity contribution in [3.63, 3.8) is 0 Å². The molecule has 0 unspecified atom stereocenters. The Labute approximate surface area is 185 Å². The van der Waals surface area contributed by atoms with Crippen LogP contribution in [-0.2, 0) is 0 Å². The van der Waals surface area contributed by atoms with Crippen molar-refractivity contribution in [2.45, 2.75) is 13.8 Å². The SMILES string of the molecule is COc1ccc(NC(=O)Nc2ccc(Nc3cc(-n4cccn4)nc(C)n3)cc2)c(C)c1. The van der Waals surface area contributed by atoms with Gasteiger partial charge < -0.3 is 20.7 Å². The van der Waals surface area contributed by atoms with Gasteiger partial charge in [0.05, 0.1) is 7.11 Å². The molecule has 2 aromatic heterocycles. The monoisotopic (exact) mass is 429 g/mol. The highest BCUT2D eigenvalue weighted by Gasteiger charge is 2.08. The number of hydrogen-bond acceptors (Lipinski definition) is 6. The van der Waals surface area contributed by atoms with E-state index in [0.717, 1.165) is 17.0 Å². The van der Waals surface area contributed by atoms with Gasteiger partial charge in [-0.15, -0.1) is 0 Å². The zero-order valence-electron chi connectivity index (χ0n) is 18.0. The smallest absolute Gasteiger partial charge is 0.323 e. The molecule has 0 spiro atoms. The van der Waals surface area contributed by atoms with Gasteiger partial charge in [-0.3, -0.25) is 0 Å². The zero-order chi connectivity index (χ0) is 22.5. The topological polar surface area (TPSA) is 106 Å². The van der Waals surface area contributed by atoms with Gasteiger partial charge in [-0.2, -0.15) is 5.10 Å². The van der Waals surface area contributed by atoms with Gasteiger partial charge in [0, 0.05) is 35.5 Å². The van der Waals surface area contributed by atoms with Crippen molar-refractivity contribution >= 4 is 28.9 Å². The van der Waals surface area contributed by atoms with E-state index < -0.39 is 0 Å². The summed E-state index contributed by atoms with van der Waals surface area (Å²) in [6.07, 6.45) is 3.52. The van der Waals surface area contributed by atoms with Crippen molar-refractivity contribution in [2.75, 3.05) is 23.1 Å². The maximum absolute atomic E-state index is 12.4. The van der Waals surface area contributed by atoms with E-state index in [1.165, 1.54) is 0 Å². The van der Waals surface area contributed by atoms with Gasteiger partial charge in [0.15, 0.2) is 5.82 Å². The summed E-state index contributed by atoms with van der Waals surface area (Å²) in [5, 5.41) is 13.1. The average molecular weight is 429 g/mol. The standard InChI is InChI=1S/C23H23N7O2/c1-15-13-19(32-3)9-10-20(15)29-23(31)28-18-7-5-17(6-8-18)27-21-14-22(26-16(2)25-21)30-12-4-11-24-30/h4-14H,1-3H3,(H,25,26,27)(H2,28,29,31). The van der Waals surface area contributed by atoms with Gasteiger partial charge in [-0.25, -0.2) is 19.4 Å². The van der Waals surface area contributed by atoms with Crippen LogP contribution in [0.15, 0.2) is 67.0 Å². The van der Waals surface area contributed by atoms with Crippen LogP contribution in [0.25, 0.3) is 5.82 Å². The molecule has 0 radical (unpaired) electrons. The van der Waals surface area contributed by atoms with Crippen LogP contribution in [-0.4, -0.2) is 32.9 Å². The number of amides is 2. The van der Waals surface area contributed by atoms with Crippen molar-refractivity contribution in [3.05, 3.63) is 78.4 Å². The van der Waals surface area contributed by atoms with Crippen LogP contribution in [0.5, 0.6) is 5.75 Å². The molecule has 2 amide bonds. The molecule has 2 aromatic carbocycles. The largest absolute Gasteiger partial charge is 0.497 e. The number of hydrogen-bond donors (Lipinski definition) is 3. The van der Waals surface area contributed by atoms with Crippen LogP contribution in [0.4, 0.5) is 27.7 Å². The molecule has 0 saturated carbocycles. The van der Waals surface area contributed by atoms with Gasteiger partial charge in [0.1, 0.15) is 17.4 Å². The number of nitrogens with zero attached hydrogens (tertiary/aromatic N) is 4. The quantitative estimate of drug-likeness (QED) is 0.411. The highest BCUT2D eigenvalue weighted by Crippen LogP contribution is 2.22. The lowest BCUT2D eigenvalue weighted by molar-refractivity contribution is 0.262. The fourth-order valence-corrected chi connectivity index (χ4v) is 3.11. The Balaban J connectivity index is 1.40. The third-order valence-corrected chi connectivity index (χ3v) is 4.66. The van der Waals surface area contributed by atoms with E-state index in [9.17, 15) is 4.79 Å². The first-order valence-electron chi connectivity index (χ1n) is 9.95. The molecular weight excluding hydrogens is 406 g/mol. The second-order valence-electron chi connectivity index (χ2n) is 7.07. The van der Waals surface area contributed by atoms with E-state index in [1.54, 1.807) is 24.1 Å². The molecule has 32 heavy (non-hydrogen) atoms. The summed E-state index contributed by atoms with van der Waals surface area (Å²) in [6.45, 7) is 3.74. The first-order chi connectivity index (χ1) is 15.5. The zero-order valence-corrected chi connectivity index (χ0v) is 18.0. The summed E-state index contributed by atoms with van der Waals surface area (Å²) >= 11 is 0. The summed E-state index contributed by atoms with van der Waals surface area (Å²) in [4.78, 5) is 21.2. The molecule has 0 atom stereocenters. The minimum atomic E-state index is -0.325. The first-order valence-corrected chi connectivity index (χ1v) is 9.95. The molecule has 2 heterocycles. The molecule has 0 aliphatic heterocycles. The molecule has 4 aromatic rings. The Morgan fingerprint density at radius 3 is 2.44 bits per heavy atom.